The van der Waals surface area contributed by atoms with Gasteiger partial charge in [-0.1, -0.05) is 0 Å². The average Bonchev–Trinajstić information content (AvgIpc) is 2.98. The molecule has 100 valence electrons. The van der Waals surface area contributed by atoms with E-state index >= 15 is 0 Å². The van der Waals surface area contributed by atoms with Crippen LogP contribution in [0.1, 0.15) is 19.3 Å². The number of nitro benzene ring substituents is 1. The molecule has 2 fully saturated rings. The van der Waals surface area contributed by atoms with Gasteiger partial charge in [-0.3, -0.25) is 14.9 Å². The third kappa shape index (κ3) is 2.49. The second-order valence-electron chi connectivity index (χ2n) is 5.33. The van der Waals surface area contributed by atoms with Crippen molar-refractivity contribution in [3.63, 3.8) is 0 Å². The highest BCUT2D eigenvalue weighted by molar-refractivity contribution is 9.10. The van der Waals surface area contributed by atoms with Crippen LogP contribution in [-0.2, 0) is 4.79 Å². The lowest BCUT2D eigenvalue weighted by Gasteiger charge is -2.13. The summed E-state index contributed by atoms with van der Waals surface area (Å²) in [6.45, 7) is 0. The lowest BCUT2D eigenvalue weighted by molar-refractivity contribution is -0.384. The summed E-state index contributed by atoms with van der Waals surface area (Å²) in [6.07, 6.45) is 3.26. The van der Waals surface area contributed by atoms with Crippen molar-refractivity contribution in [1.29, 1.82) is 0 Å². The third-order valence-electron chi connectivity index (χ3n) is 4.04. The van der Waals surface area contributed by atoms with Crippen molar-refractivity contribution in [3.05, 3.63) is 32.8 Å². The fourth-order valence-corrected chi connectivity index (χ4v) is 3.35. The number of non-ortho nitro benzene ring substituents is 1. The number of fused-ring (bicyclic) bond motifs is 1. The molecule has 1 N–H and O–H groups in total. The zero-order chi connectivity index (χ0) is 13.6. The molecule has 19 heavy (non-hydrogen) atoms. The van der Waals surface area contributed by atoms with Gasteiger partial charge in [-0.15, -0.1) is 0 Å². The minimum atomic E-state index is -0.457. The Bertz CT molecular complexity index is 551. The van der Waals surface area contributed by atoms with Crippen LogP contribution in [-0.4, -0.2) is 10.8 Å². The molecule has 0 aromatic heterocycles. The highest BCUT2D eigenvalue weighted by Gasteiger charge is 2.48. The van der Waals surface area contributed by atoms with E-state index in [0.29, 0.717) is 10.2 Å². The molecule has 2 aliphatic rings. The fraction of sp³-hybridized carbons (Fsp3) is 0.462. The molecule has 2 aliphatic carbocycles. The molecule has 6 heteroatoms. The van der Waals surface area contributed by atoms with Crippen LogP contribution >= 0.6 is 15.9 Å². The molecule has 0 aliphatic heterocycles. The van der Waals surface area contributed by atoms with Gasteiger partial charge >= 0.3 is 0 Å². The predicted molar refractivity (Wildman–Crippen MR) is 73.7 cm³/mol. The van der Waals surface area contributed by atoms with Gasteiger partial charge < -0.3 is 5.32 Å². The molecule has 1 aromatic rings. The Labute approximate surface area is 118 Å². The van der Waals surface area contributed by atoms with Crippen molar-refractivity contribution in [2.45, 2.75) is 19.3 Å². The summed E-state index contributed by atoms with van der Waals surface area (Å²) in [4.78, 5) is 22.3. The number of benzene rings is 1. The van der Waals surface area contributed by atoms with Crippen LogP contribution in [0.15, 0.2) is 22.7 Å². The summed E-state index contributed by atoms with van der Waals surface area (Å²) in [7, 11) is 0. The van der Waals surface area contributed by atoms with Crippen molar-refractivity contribution in [1.82, 2.24) is 0 Å². The van der Waals surface area contributed by atoms with E-state index in [1.807, 2.05) is 0 Å². The number of hydrogen-bond acceptors (Lipinski definition) is 3. The molecular weight excluding hydrogens is 312 g/mol. The number of halogens is 1. The molecule has 2 unspecified atom stereocenters. The van der Waals surface area contributed by atoms with E-state index in [1.54, 1.807) is 6.07 Å². The number of amides is 1. The maximum absolute atomic E-state index is 12.1. The van der Waals surface area contributed by atoms with Crippen LogP contribution in [0, 0.1) is 27.9 Å². The van der Waals surface area contributed by atoms with Crippen molar-refractivity contribution in [2.75, 3.05) is 5.32 Å². The van der Waals surface area contributed by atoms with Crippen LogP contribution in [0.5, 0.6) is 0 Å². The lowest BCUT2D eigenvalue weighted by atomic mass is 10.0. The number of carbonyl (C=O) groups is 1. The smallest absolute Gasteiger partial charge is 0.270 e. The predicted octanol–water partition coefficient (Wildman–Crippen LogP) is 3.34. The zero-order valence-corrected chi connectivity index (χ0v) is 11.7. The molecule has 0 heterocycles. The van der Waals surface area contributed by atoms with Crippen molar-refractivity contribution in [2.24, 2.45) is 17.8 Å². The second-order valence-corrected chi connectivity index (χ2v) is 6.19. The Hall–Kier alpha value is -1.43. The van der Waals surface area contributed by atoms with Gasteiger partial charge in [0.15, 0.2) is 0 Å². The number of nitrogens with one attached hydrogen (secondary N) is 1. The largest absolute Gasteiger partial charge is 0.325 e. The van der Waals surface area contributed by atoms with E-state index in [2.05, 4.69) is 21.2 Å². The van der Waals surface area contributed by atoms with Gasteiger partial charge in [0.1, 0.15) is 0 Å². The topological polar surface area (TPSA) is 72.2 Å². The minimum absolute atomic E-state index is 0.00647. The molecule has 0 radical (unpaired) electrons. The zero-order valence-electron chi connectivity index (χ0n) is 10.1. The normalized spacial score (nSPS) is 27.7. The maximum atomic E-state index is 12.1. The quantitative estimate of drug-likeness (QED) is 0.684. The number of hydrogen-bond donors (Lipinski definition) is 1. The van der Waals surface area contributed by atoms with Crippen LogP contribution in [0.2, 0.25) is 0 Å². The standard InChI is InChI=1S/C13H13BrN2O3/c14-11-6-10(16(18)19)1-2-12(11)15-13(17)9-4-7-3-8(7)5-9/h1-2,6-9H,3-5H2,(H,15,17). The summed E-state index contributed by atoms with van der Waals surface area (Å²) in [5, 5.41) is 13.5. The van der Waals surface area contributed by atoms with Crippen LogP contribution < -0.4 is 5.32 Å². The number of rotatable bonds is 3. The number of nitro groups is 1. The van der Waals surface area contributed by atoms with Crippen molar-refractivity contribution < 1.29 is 9.72 Å². The van der Waals surface area contributed by atoms with Gasteiger partial charge in [-0.25, -0.2) is 0 Å². The van der Waals surface area contributed by atoms with E-state index in [4.69, 9.17) is 0 Å². The number of anilines is 1. The first-order chi connectivity index (χ1) is 9.04. The van der Waals surface area contributed by atoms with E-state index < -0.39 is 4.92 Å². The third-order valence-corrected chi connectivity index (χ3v) is 4.69. The number of carbonyl (C=O) groups excluding carboxylic acids is 1. The summed E-state index contributed by atoms with van der Waals surface area (Å²) in [6, 6.07) is 4.37. The molecule has 5 nitrogen and oxygen atoms in total. The molecule has 3 rings (SSSR count). The van der Waals surface area contributed by atoms with Crippen molar-refractivity contribution >= 4 is 33.2 Å². The molecule has 2 saturated carbocycles. The van der Waals surface area contributed by atoms with Gasteiger partial charge in [-0.2, -0.15) is 0 Å². The molecule has 2 atom stereocenters. The van der Waals surface area contributed by atoms with Gasteiger partial charge in [0, 0.05) is 22.5 Å². The van der Waals surface area contributed by atoms with E-state index in [9.17, 15) is 14.9 Å². The average molecular weight is 325 g/mol. The molecular formula is C13H13BrN2O3. The SMILES string of the molecule is O=C(Nc1ccc([N+](=O)[O-])cc1Br)C1CC2CC2C1. The van der Waals surface area contributed by atoms with E-state index in [0.717, 1.165) is 24.7 Å². The van der Waals surface area contributed by atoms with Crippen molar-refractivity contribution in [3.8, 4) is 0 Å². The van der Waals surface area contributed by atoms with Gasteiger partial charge in [0.2, 0.25) is 5.91 Å². The Kier molecular flexibility index (Phi) is 3.05. The van der Waals surface area contributed by atoms with Gasteiger partial charge in [0.25, 0.3) is 5.69 Å². The molecule has 0 spiro atoms. The van der Waals surface area contributed by atoms with Gasteiger partial charge in [0.05, 0.1) is 10.6 Å². The molecule has 0 bridgehead atoms. The molecule has 1 aromatic carbocycles. The van der Waals surface area contributed by atoms with Crippen LogP contribution in [0.25, 0.3) is 0 Å². The highest BCUT2D eigenvalue weighted by Crippen LogP contribution is 2.54. The summed E-state index contributed by atoms with van der Waals surface area (Å²) in [5.74, 6) is 1.65. The monoisotopic (exact) mass is 324 g/mol. The second kappa shape index (κ2) is 4.59. The first-order valence-corrected chi connectivity index (χ1v) is 7.08. The molecule has 1 amide bonds. The maximum Gasteiger partial charge on any atom is 0.270 e. The fourth-order valence-electron chi connectivity index (χ4n) is 2.88. The summed E-state index contributed by atoms with van der Waals surface area (Å²) < 4.78 is 0.540. The van der Waals surface area contributed by atoms with Crippen LogP contribution in [0.4, 0.5) is 11.4 Å². The highest BCUT2D eigenvalue weighted by atomic mass is 79.9. The Morgan fingerprint density at radius 1 is 1.32 bits per heavy atom. The van der Waals surface area contributed by atoms with Crippen LogP contribution in [0.3, 0.4) is 0 Å². The molecule has 0 saturated heterocycles. The minimum Gasteiger partial charge on any atom is -0.325 e. The lowest BCUT2D eigenvalue weighted by Crippen LogP contribution is -2.21. The summed E-state index contributed by atoms with van der Waals surface area (Å²) in [5.41, 5.74) is 0.600. The number of nitrogens with zero attached hydrogens (tertiary/aromatic N) is 1. The first kappa shape index (κ1) is 12.6. The van der Waals surface area contributed by atoms with E-state index in [-0.39, 0.29) is 17.5 Å². The first-order valence-electron chi connectivity index (χ1n) is 6.29. The Morgan fingerprint density at radius 2 is 2.00 bits per heavy atom. The van der Waals surface area contributed by atoms with E-state index in [1.165, 1.54) is 18.6 Å². The van der Waals surface area contributed by atoms with Gasteiger partial charge in [-0.05, 0) is 53.1 Å². The Balaban J connectivity index is 1.69. The summed E-state index contributed by atoms with van der Waals surface area (Å²) >= 11 is 3.25. The Morgan fingerprint density at radius 3 is 2.58 bits per heavy atom.